The van der Waals surface area contributed by atoms with E-state index in [-0.39, 0.29) is 23.7 Å². The zero-order valence-electron chi connectivity index (χ0n) is 12.4. The summed E-state index contributed by atoms with van der Waals surface area (Å²) in [6.07, 6.45) is -1.36. The smallest absolute Gasteiger partial charge is 0.418 e. The van der Waals surface area contributed by atoms with Gasteiger partial charge in [-0.05, 0) is 31.5 Å². The highest BCUT2D eigenvalue weighted by Gasteiger charge is 2.39. The Morgan fingerprint density at radius 1 is 1.39 bits per heavy atom. The number of halogens is 3. The van der Waals surface area contributed by atoms with Crippen LogP contribution < -0.4 is 10.3 Å². The number of benzene rings is 1. The van der Waals surface area contributed by atoms with Gasteiger partial charge in [-0.3, -0.25) is 5.43 Å². The summed E-state index contributed by atoms with van der Waals surface area (Å²) in [5.74, 6) is 0.0676. The molecule has 3 rings (SSSR count). The van der Waals surface area contributed by atoms with Crippen LogP contribution in [0.2, 0.25) is 0 Å². The first-order valence-corrected chi connectivity index (χ1v) is 7.10. The van der Waals surface area contributed by atoms with Crippen molar-refractivity contribution in [1.29, 1.82) is 0 Å². The minimum Gasteiger partial charge on any atom is -0.443 e. The van der Waals surface area contributed by atoms with Gasteiger partial charge in [-0.25, -0.2) is 0 Å². The van der Waals surface area contributed by atoms with E-state index in [1.165, 1.54) is 24.6 Å². The Kier molecular flexibility index (Phi) is 3.71. The number of aliphatic hydroxyl groups is 1. The van der Waals surface area contributed by atoms with Gasteiger partial charge in [0, 0.05) is 24.3 Å². The number of alkyl halides is 3. The Morgan fingerprint density at radius 2 is 2.17 bits per heavy atom. The highest BCUT2D eigenvalue weighted by Crippen LogP contribution is 2.39. The minimum atomic E-state index is -4.52. The fourth-order valence-corrected chi connectivity index (χ4v) is 2.71. The zero-order valence-corrected chi connectivity index (χ0v) is 12.4. The third-order valence-corrected chi connectivity index (χ3v) is 3.83. The number of nitrogens with one attached hydrogen (secondary N) is 1. The van der Waals surface area contributed by atoms with Gasteiger partial charge in [-0.15, -0.1) is 5.10 Å². The Hall–Kier alpha value is -2.22. The maximum atomic E-state index is 13.4. The summed E-state index contributed by atoms with van der Waals surface area (Å²) in [6.45, 7) is 2.16. The molecule has 0 amide bonds. The van der Waals surface area contributed by atoms with Crippen molar-refractivity contribution in [2.24, 2.45) is 5.10 Å². The lowest BCUT2D eigenvalue weighted by molar-refractivity contribution is -0.137. The molecule has 1 aromatic rings. The van der Waals surface area contributed by atoms with Gasteiger partial charge in [0.1, 0.15) is 6.26 Å². The van der Waals surface area contributed by atoms with Crippen molar-refractivity contribution >= 4 is 11.6 Å². The second-order valence-corrected chi connectivity index (χ2v) is 5.86. The number of rotatable bonds is 2. The summed E-state index contributed by atoms with van der Waals surface area (Å²) in [4.78, 5) is 1.55. The molecule has 0 spiro atoms. The molecule has 2 aliphatic heterocycles. The summed E-state index contributed by atoms with van der Waals surface area (Å²) in [6, 6.07) is 3.93. The highest BCUT2D eigenvalue weighted by molar-refractivity contribution is 5.95. The topological polar surface area (TPSA) is 57.1 Å². The molecule has 0 radical (unpaired) electrons. The minimum absolute atomic E-state index is 0.0546. The quantitative estimate of drug-likeness (QED) is 0.876. The van der Waals surface area contributed by atoms with Crippen molar-refractivity contribution in [3.8, 4) is 0 Å². The number of nitrogens with zero attached hydrogens (tertiary/aromatic N) is 2. The van der Waals surface area contributed by atoms with Crippen molar-refractivity contribution in [3.63, 3.8) is 0 Å². The van der Waals surface area contributed by atoms with E-state index >= 15 is 0 Å². The summed E-state index contributed by atoms with van der Waals surface area (Å²) in [7, 11) is 0. The fourth-order valence-electron chi connectivity index (χ4n) is 2.71. The maximum Gasteiger partial charge on any atom is 0.418 e. The molecule has 0 aromatic heterocycles. The molecule has 2 heterocycles. The number of hydrogen-bond acceptors (Lipinski definition) is 5. The van der Waals surface area contributed by atoms with Crippen LogP contribution in [-0.2, 0) is 10.9 Å². The number of hydrogen-bond donors (Lipinski definition) is 2. The lowest BCUT2D eigenvalue weighted by Gasteiger charge is -2.25. The second-order valence-electron chi connectivity index (χ2n) is 5.86. The maximum absolute atomic E-state index is 13.4. The molecule has 0 unspecified atom stereocenters. The molecular weight excluding hydrogens is 311 g/mol. The van der Waals surface area contributed by atoms with Gasteiger partial charge < -0.3 is 14.7 Å². The Morgan fingerprint density at radius 3 is 2.74 bits per heavy atom. The van der Waals surface area contributed by atoms with Gasteiger partial charge >= 0.3 is 6.18 Å². The fraction of sp³-hybridized carbons (Fsp3) is 0.400. The molecule has 2 N–H and O–H groups in total. The predicted octanol–water partition coefficient (Wildman–Crippen LogP) is 2.42. The van der Waals surface area contributed by atoms with Crippen molar-refractivity contribution in [2.75, 3.05) is 18.0 Å². The molecule has 1 aromatic carbocycles. The van der Waals surface area contributed by atoms with E-state index in [4.69, 9.17) is 4.74 Å². The van der Waals surface area contributed by atoms with Gasteiger partial charge in [0.05, 0.1) is 17.4 Å². The summed E-state index contributed by atoms with van der Waals surface area (Å²) in [5.41, 5.74) is 1.06. The van der Waals surface area contributed by atoms with Crippen molar-refractivity contribution in [2.45, 2.75) is 25.1 Å². The average Bonchev–Trinajstić information content (AvgIpc) is 2.87. The molecule has 1 atom stereocenters. The van der Waals surface area contributed by atoms with Gasteiger partial charge in [0.25, 0.3) is 0 Å². The molecule has 0 bridgehead atoms. The first kappa shape index (κ1) is 15.7. The Balaban J connectivity index is 1.98. The molecule has 1 fully saturated rings. The van der Waals surface area contributed by atoms with Gasteiger partial charge in [0.2, 0.25) is 5.90 Å². The standard InChI is InChI=1S/C15H16F3N3O2/c1-14(22)4-6-21(9-14)12-3-2-10(8-11(12)15(16,17)18)13-20-19-5-7-23-13/h2-3,5,7-8,19,22H,4,6,9H2,1H3/t14-/m1/s1. The lowest BCUT2D eigenvalue weighted by atomic mass is 10.1. The number of hydrazone groups is 1. The van der Waals surface area contributed by atoms with Crippen LogP contribution in [0.25, 0.3) is 0 Å². The largest absolute Gasteiger partial charge is 0.443 e. The third kappa shape index (κ3) is 3.26. The van der Waals surface area contributed by atoms with Crippen LogP contribution in [-0.4, -0.2) is 29.7 Å². The van der Waals surface area contributed by atoms with Crippen LogP contribution in [0.15, 0.2) is 35.8 Å². The SMILES string of the molecule is C[C@@]1(O)CCN(c2ccc(C3=NNC=CO3)cc2C(F)(F)F)C1. The summed E-state index contributed by atoms with van der Waals surface area (Å²) >= 11 is 0. The Labute approximate surface area is 131 Å². The molecular formula is C15H16F3N3O2. The molecule has 0 saturated carbocycles. The normalized spacial score (nSPS) is 24.2. The van der Waals surface area contributed by atoms with Crippen LogP contribution in [0, 0.1) is 0 Å². The zero-order chi connectivity index (χ0) is 16.7. The third-order valence-electron chi connectivity index (χ3n) is 3.83. The monoisotopic (exact) mass is 327 g/mol. The van der Waals surface area contributed by atoms with Crippen LogP contribution in [0.5, 0.6) is 0 Å². The first-order chi connectivity index (χ1) is 10.8. The molecule has 124 valence electrons. The molecule has 0 aliphatic carbocycles. The number of anilines is 1. The van der Waals surface area contributed by atoms with E-state index in [0.717, 1.165) is 6.07 Å². The summed E-state index contributed by atoms with van der Waals surface area (Å²) in [5, 5.41) is 13.8. The van der Waals surface area contributed by atoms with Crippen LogP contribution in [0.1, 0.15) is 24.5 Å². The molecule has 2 aliphatic rings. The van der Waals surface area contributed by atoms with Crippen molar-refractivity contribution < 1.29 is 23.0 Å². The first-order valence-electron chi connectivity index (χ1n) is 7.10. The van der Waals surface area contributed by atoms with Crippen LogP contribution in [0.3, 0.4) is 0 Å². The predicted molar refractivity (Wildman–Crippen MR) is 78.8 cm³/mol. The van der Waals surface area contributed by atoms with E-state index in [1.54, 1.807) is 11.8 Å². The molecule has 5 nitrogen and oxygen atoms in total. The van der Waals surface area contributed by atoms with Gasteiger partial charge in [-0.2, -0.15) is 13.2 Å². The molecule has 8 heteroatoms. The highest BCUT2D eigenvalue weighted by atomic mass is 19.4. The summed E-state index contributed by atoms with van der Waals surface area (Å²) < 4.78 is 45.4. The average molecular weight is 327 g/mol. The van der Waals surface area contributed by atoms with E-state index < -0.39 is 17.3 Å². The molecule has 1 saturated heterocycles. The van der Waals surface area contributed by atoms with Crippen LogP contribution >= 0.6 is 0 Å². The lowest BCUT2D eigenvalue weighted by Crippen LogP contribution is -2.30. The number of β-amino-alcohol motifs (C(OH)–C–C–N with tert-alkyl or cyclic N) is 1. The van der Waals surface area contributed by atoms with E-state index in [0.29, 0.717) is 13.0 Å². The van der Waals surface area contributed by atoms with Crippen molar-refractivity contribution in [1.82, 2.24) is 5.43 Å². The van der Waals surface area contributed by atoms with E-state index in [2.05, 4.69) is 10.5 Å². The Bertz CT molecular complexity index is 668. The van der Waals surface area contributed by atoms with E-state index in [1.807, 2.05) is 0 Å². The number of ether oxygens (including phenoxy) is 1. The molecule has 23 heavy (non-hydrogen) atoms. The second kappa shape index (κ2) is 5.45. The van der Waals surface area contributed by atoms with Crippen LogP contribution in [0.4, 0.5) is 18.9 Å². The van der Waals surface area contributed by atoms with Gasteiger partial charge in [-0.1, -0.05) is 0 Å². The van der Waals surface area contributed by atoms with Gasteiger partial charge in [0.15, 0.2) is 0 Å². The van der Waals surface area contributed by atoms with Crippen molar-refractivity contribution in [3.05, 3.63) is 41.8 Å². The van der Waals surface area contributed by atoms with E-state index in [9.17, 15) is 18.3 Å².